The lowest BCUT2D eigenvalue weighted by Gasteiger charge is -2.15. The van der Waals surface area contributed by atoms with Crippen LogP contribution in [0.2, 0.25) is 0 Å². The van der Waals surface area contributed by atoms with E-state index in [2.05, 4.69) is 26.6 Å². The van der Waals surface area contributed by atoms with Crippen LogP contribution in [0.3, 0.4) is 0 Å². The second kappa shape index (κ2) is 10.7. The van der Waals surface area contributed by atoms with Crippen molar-refractivity contribution in [1.29, 1.82) is 0 Å². The van der Waals surface area contributed by atoms with Gasteiger partial charge in [-0.05, 0) is 71.8 Å². The maximum Gasteiger partial charge on any atom is 0.255 e. The molecule has 0 aliphatic heterocycles. The fraction of sp³-hybridized carbons (Fsp3) is 0.111. The molecule has 0 heterocycles. The van der Waals surface area contributed by atoms with Crippen molar-refractivity contribution in [2.45, 2.75) is 23.5 Å². The fourth-order valence-corrected chi connectivity index (χ4v) is 4.70. The van der Waals surface area contributed by atoms with Gasteiger partial charge in [-0.1, -0.05) is 59.3 Å². The van der Waals surface area contributed by atoms with Gasteiger partial charge >= 0.3 is 0 Å². The summed E-state index contributed by atoms with van der Waals surface area (Å²) in [5, 5.41) is 7.82. The first-order valence-corrected chi connectivity index (χ1v) is 12.3. The van der Waals surface area contributed by atoms with Crippen molar-refractivity contribution in [3.05, 3.63) is 101 Å². The maximum atomic E-state index is 12.8. The molecule has 0 radical (unpaired) electrons. The molecule has 0 aliphatic rings. The van der Waals surface area contributed by atoms with Gasteiger partial charge in [-0.2, -0.15) is 0 Å². The molecule has 4 aromatic rings. The fourth-order valence-electron chi connectivity index (χ4n) is 3.42. The van der Waals surface area contributed by atoms with E-state index in [0.29, 0.717) is 17.7 Å². The number of hydrogen-bond donors (Lipinski definition) is 2. The van der Waals surface area contributed by atoms with Crippen molar-refractivity contribution in [1.82, 2.24) is 0 Å². The molecular weight excluding hydrogens is 496 g/mol. The molecule has 0 saturated heterocycles. The third-order valence-corrected chi connectivity index (χ3v) is 7.04. The summed E-state index contributed by atoms with van der Waals surface area (Å²) in [6.45, 7) is 1.99. The van der Waals surface area contributed by atoms with Crippen LogP contribution in [0.5, 0.6) is 0 Å². The van der Waals surface area contributed by atoms with Crippen LogP contribution in [-0.4, -0.2) is 17.1 Å². The zero-order valence-electron chi connectivity index (χ0n) is 18.0. The molecule has 0 fully saturated rings. The van der Waals surface area contributed by atoms with Crippen LogP contribution < -0.4 is 10.6 Å². The van der Waals surface area contributed by atoms with Crippen LogP contribution in [0.4, 0.5) is 11.4 Å². The SMILES string of the molecule is CCC(Sc1cccc(NC(=O)c2ccc3ccccc3c2)c1)C(=O)Nc1ccc(Br)cc1. The van der Waals surface area contributed by atoms with Crippen LogP contribution in [0, 0.1) is 0 Å². The summed E-state index contributed by atoms with van der Waals surface area (Å²) in [6, 6.07) is 28.7. The minimum absolute atomic E-state index is 0.0459. The van der Waals surface area contributed by atoms with Gasteiger partial charge < -0.3 is 10.6 Å². The van der Waals surface area contributed by atoms with Crippen LogP contribution in [0.1, 0.15) is 23.7 Å². The van der Waals surface area contributed by atoms with Crippen molar-refractivity contribution >= 4 is 61.7 Å². The van der Waals surface area contributed by atoms with E-state index in [4.69, 9.17) is 0 Å². The first-order valence-electron chi connectivity index (χ1n) is 10.6. The first kappa shape index (κ1) is 23.1. The Labute approximate surface area is 205 Å². The highest BCUT2D eigenvalue weighted by molar-refractivity contribution is 9.10. The first-order chi connectivity index (χ1) is 16.0. The number of amides is 2. The average molecular weight is 519 g/mol. The summed E-state index contributed by atoms with van der Waals surface area (Å²) < 4.78 is 0.962. The average Bonchev–Trinajstić information content (AvgIpc) is 2.83. The Morgan fingerprint density at radius 3 is 2.33 bits per heavy atom. The molecule has 1 atom stereocenters. The number of thioether (sulfide) groups is 1. The van der Waals surface area contributed by atoms with Gasteiger partial charge in [0, 0.05) is 26.3 Å². The number of rotatable bonds is 7. The highest BCUT2D eigenvalue weighted by Gasteiger charge is 2.18. The Bertz CT molecular complexity index is 1290. The van der Waals surface area contributed by atoms with Crippen LogP contribution in [0.15, 0.2) is 100 Å². The molecule has 0 spiro atoms. The van der Waals surface area contributed by atoms with Crippen molar-refractivity contribution in [2.24, 2.45) is 0 Å². The van der Waals surface area contributed by atoms with E-state index in [9.17, 15) is 9.59 Å². The lowest BCUT2D eigenvalue weighted by molar-refractivity contribution is -0.115. The summed E-state index contributed by atoms with van der Waals surface area (Å²) in [5.74, 6) is -0.210. The second-order valence-electron chi connectivity index (χ2n) is 7.55. The van der Waals surface area contributed by atoms with Gasteiger partial charge in [-0.15, -0.1) is 11.8 Å². The van der Waals surface area contributed by atoms with E-state index in [1.807, 2.05) is 97.9 Å². The molecule has 4 nitrogen and oxygen atoms in total. The highest BCUT2D eigenvalue weighted by atomic mass is 79.9. The van der Waals surface area contributed by atoms with E-state index in [1.165, 1.54) is 11.8 Å². The Balaban J connectivity index is 1.43. The van der Waals surface area contributed by atoms with Crippen molar-refractivity contribution in [3.63, 3.8) is 0 Å². The van der Waals surface area contributed by atoms with E-state index in [1.54, 1.807) is 0 Å². The van der Waals surface area contributed by atoms with Gasteiger partial charge in [0.1, 0.15) is 0 Å². The number of halogens is 1. The number of benzene rings is 4. The number of fused-ring (bicyclic) bond motifs is 1. The number of anilines is 2. The Morgan fingerprint density at radius 2 is 1.58 bits per heavy atom. The van der Waals surface area contributed by atoms with E-state index in [0.717, 1.165) is 25.8 Å². The summed E-state index contributed by atoms with van der Waals surface area (Å²) in [6.07, 6.45) is 0.681. The van der Waals surface area contributed by atoms with E-state index < -0.39 is 0 Å². The smallest absolute Gasteiger partial charge is 0.255 e. The van der Waals surface area contributed by atoms with Crippen LogP contribution in [-0.2, 0) is 4.79 Å². The summed E-state index contributed by atoms with van der Waals surface area (Å²) in [7, 11) is 0. The highest BCUT2D eigenvalue weighted by Crippen LogP contribution is 2.29. The van der Waals surface area contributed by atoms with Gasteiger partial charge in [-0.25, -0.2) is 0 Å². The molecule has 33 heavy (non-hydrogen) atoms. The second-order valence-corrected chi connectivity index (χ2v) is 9.75. The van der Waals surface area contributed by atoms with E-state index in [-0.39, 0.29) is 17.1 Å². The van der Waals surface area contributed by atoms with Crippen LogP contribution in [0.25, 0.3) is 10.8 Å². The standard InChI is InChI=1S/C27H23BrN2O2S/c1-2-25(27(32)29-22-14-12-21(28)13-15-22)33-24-9-5-8-23(17-24)30-26(31)20-11-10-18-6-3-4-7-19(18)16-20/h3-17,25H,2H2,1H3,(H,29,32)(H,30,31). The van der Waals surface area contributed by atoms with Crippen molar-refractivity contribution in [3.8, 4) is 0 Å². The van der Waals surface area contributed by atoms with Gasteiger partial charge in [0.25, 0.3) is 5.91 Å². The molecule has 0 aromatic heterocycles. The molecule has 4 aromatic carbocycles. The lowest BCUT2D eigenvalue weighted by Crippen LogP contribution is -2.24. The number of carbonyl (C=O) groups is 2. The van der Waals surface area contributed by atoms with Gasteiger partial charge in [0.2, 0.25) is 5.91 Å². The van der Waals surface area contributed by atoms with E-state index >= 15 is 0 Å². The number of carbonyl (C=O) groups excluding carboxylic acids is 2. The minimum atomic E-state index is -0.250. The summed E-state index contributed by atoms with van der Waals surface area (Å²) in [4.78, 5) is 26.5. The van der Waals surface area contributed by atoms with Gasteiger partial charge in [-0.3, -0.25) is 9.59 Å². The molecular formula is C27H23BrN2O2S. The molecule has 6 heteroatoms. The Hall–Kier alpha value is -3.09. The predicted octanol–water partition coefficient (Wildman–Crippen LogP) is 7.36. The summed E-state index contributed by atoms with van der Waals surface area (Å²) in [5.41, 5.74) is 2.06. The largest absolute Gasteiger partial charge is 0.325 e. The maximum absolute atomic E-state index is 12.8. The Morgan fingerprint density at radius 1 is 0.818 bits per heavy atom. The lowest BCUT2D eigenvalue weighted by atomic mass is 10.1. The minimum Gasteiger partial charge on any atom is -0.325 e. The molecule has 2 N–H and O–H groups in total. The third kappa shape index (κ3) is 6.03. The third-order valence-electron chi connectivity index (χ3n) is 5.16. The molecule has 4 rings (SSSR count). The van der Waals surface area contributed by atoms with Crippen LogP contribution >= 0.6 is 27.7 Å². The topological polar surface area (TPSA) is 58.2 Å². The summed E-state index contributed by atoms with van der Waals surface area (Å²) >= 11 is 4.89. The molecule has 166 valence electrons. The normalized spacial score (nSPS) is 11.7. The monoisotopic (exact) mass is 518 g/mol. The van der Waals surface area contributed by atoms with Crippen molar-refractivity contribution < 1.29 is 9.59 Å². The molecule has 1 unspecified atom stereocenters. The van der Waals surface area contributed by atoms with Gasteiger partial charge in [0.05, 0.1) is 5.25 Å². The zero-order valence-corrected chi connectivity index (χ0v) is 20.4. The van der Waals surface area contributed by atoms with Gasteiger partial charge in [0.15, 0.2) is 0 Å². The Kier molecular flexibility index (Phi) is 7.47. The number of nitrogens with one attached hydrogen (secondary N) is 2. The van der Waals surface area contributed by atoms with Crippen molar-refractivity contribution in [2.75, 3.05) is 10.6 Å². The zero-order chi connectivity index (χ0) is 23.2. The quantitative estimate of drug-likeness (QED) is 0.251. The molecule has 2 amide bonds. The molecule has 0 bridgehead atoms. The predicted molar refractivity (Wildman–Crippen MR) is 141 cm³/mol. The molecule has 0 saturated carbocycles. The molecule has 0 aliphatic carbocycles. The number of hydrogen-bond acceptors (Lipinski definition) is 3.